The van der Waals surface area contributed by atoms with Gasteiger partial charge in [0.25, 0.3) is 0 Å². The first-order chi connectivity index (χ1) is 16.0. The van der Waals surface area contributed by atoms with Crippen LogP contribution in [0, 0.1) is 28.8 Å². The SMILES string of the molecule is C=CCOc1cnc(-c2ccc3c(F)c(CCc4cc(F)c(C#N)c(F)c4)ccc3c2)nc1. The zero-order valence-electron chi connectivity index (χ0n) is 17.5. The molecule has 7 heteroatoms. The van der Waals surface area contributed by atoms with Crippen LogP contribution in [0.2, 0.25) is 0 Å². The number of hydrogen-bond acceptors (Lipinski definition) is 4. The van der Waals surface area contributed by atoms with Crippen molar-refractivity contribution in [2.45, 2.75) is 12.8 Å². The normalized spacial score (nSPS) is 10.7. The van der Waals surface area contributed by atoms with Crippen LogP contribution in [0.15, 0.2) is 67.5 Å². The Bertz CT molecular complexity index is 1360. The second-order valence-electron chi connectivity index (χ2n) is 7.36. The Labute approximate surface area is 188 Å². The van der Waals surface area contributed by atoms with Crippen LogP contribution < -0.4 is 4.74 Å². The molecule has 0 N–H and O–H groups in total. The van der Waals surface area contributed by atoms with E-state index in [1.54, 1.807) is 48.8 Å². The first-order valence-electron chi connectivity index (χ1n) is 10.2. The average Bonchev–Trinajstić information content (AvgIpc) is 2.82. The van der Waals surface area contributed by atoms with Crippen LogP contribution in [0.25, 0.3) is 22.2 Å². The number of aryl methyl sites for hydroxylation is 2. The lowest BCUT2D eigenvalue weighted by Gasteiger charge is -2.09. The molecule has 164 valence electrons. The second-order valence-corrected chi connectivity index (χ2v) is 7.36. The molecule has 4 aromatic rings. The number of nitrogens with zero attached hydrogens (tertiary/aromatic N) is 3. The summed E-state index contributed by atoms with van der Waals surface area (Å²) in [6, 6.07) is 12.4. The maximum Gasteiger partial charge on any atom is 0.159 e. The van der Waals surface area contributed by atoms with Crippen molar-refractivity contribution in [1.29, 1.82) is 5.26 Å². The van der Waals surface area contributed by atoms with E-state index in [-0.39, 0.29) is 18.7 Å². The molecule has 0 fully saturated rings. The molecule has 0 aliphatic carbocycles. The summed E-state index contributed by atoms with van der Waals surface area (Å²) in [4.78, 5) is 8.59. The number of nitriles is 1. The highest BCUT2D eigenvalue weighted by Crippen LogP contribution is 2.27. The van der Waals surface area contributed by atoms with E-state index >= 15 is 4.39 Å². The van der Waals surface area contributed by atoms with Gasteiger partial charge in [-0.1, -0.05) is 36.9 Å². The maximum atomic E-state index is 15.1. The lowest BCUT2D eigenvalue weighted by Crippen LogP contribution is -1.99. The molecule has 1 heterocycles. The van der Waals surface area contributed by atoms with E-state index < -0.39 is 17.2 Å². The third-order valence-corrected chi connectivity index (χ3v) is 5.18. The van der Waals surface area contributed by atoms with Gasteiger partial charge >= 0.3 is 0 Å². The molecule has 0 radical (unpaired) electrons. The van der Waals surface area contributed by atoms with Crippen molar-refractivity contribution in [2.24, 2.45) is 0 Å². The predicted octanol–water partition coefficient (Wildman–Crippen LogP) is 5.94. The highest BCUT2D eigenvalue weighted by Gasteiger charge is 2.13. The fourth-order valence-corrected chi connectivity index (χ4v) is 3.52. The number of ether oxygens (including phenoxy) is 1. The molecule has 0 saturated carbocycles. The summed E-state index contributed by atoms with van der Waals surface area (Å²) >= 11 is 0. The minimum absolute atomic E-state index is 0.230. The summed E-state index contributed by atoms with van der Waals surface area (Å²) in [5.41, 5.74) is 0.903. The van der Waals surface area contributed by atoms with Crippen molar-refractivity contribution in [1.82, 2.24) is 9.97 Å². The zero-order chi connectivity index (χ0) is 23.4. The summed E-state index contributed by atoms with van der Waals surface area (Å²) in [6.45, 7) is 3.94. The van der Waals surface area contributed by atoms with E-state index in [0.29, 0.717) is 40.1 Å². The van der Waals surface area contributed by atoms with Gasteiger partial charge in [-0.3, -0.25) is 0 Å². The standard InChI is InChI=1S/C26H18F3N3O/c1-2-9-33-20-14-31-26(32-15-20)19-7-8-21-18(12-19)6-5-17(25(21)29)4-3-16-10-23(27)22(13-30)24(28)11-16/h2,5-8,10-12,14-15H,1,3-4,9H2. The molecule has 0 amide bonds. The van der Waals surface area contributed by atoms with Gasteiger partial charge in [0.2, 0.25) is 0 Å². The molecule has 0 atom stereocenters. The Kier molecular flexibility index (Phi) is 6.36. The van der Waals surface area contributed by atoms with Crippen LogP contribution in [0.4, 0.5) is 13.2 Å². The molecule has 0 spiro atoms. The molecule has 4 rings (SSSR count). The summed E-state index contributed by atoms with van der Waals surface area (Å²) in [5.74, 6) is -1.21. The molecule has 33 heavy (non-hydrogen) atoms. The van der Waals surface area contributed by atoms with Crippen molar-refractivity contribution in [3.8, 4) is 23.2 Å². The minimum atomic E-state index is -0.915. The molecule has 0 aliphatic heterocycles. The third kappa shape index (κ3) is 4.70. The second kappa shape index (κ2) is 9.53. The van der Waals surface area contributed by atoms with Crippen LogP contribution in [-0.2, 0) is 12.8 Å². The van der Waals surface area contributed by atoms with Gasteiger partial charge in [0, 0.05) is 10.9 Å². The van der Waals surface area contributed by atoms with Gasteiger partial charge < -0.3 is 4.74 Å². The van der Waals surface area contributed by atoms with E-state index in [4.69, 9.17) is 10.00 Å². The first kappa shape index (κ1) is 22.0. The molecule has 0 bridgehead atoms. The molecule has 0 aliphatic rings. The number of aromatic nitrogens is 2. The average molecular weight is 445 g/mol. The van der Waals surface area contributed by atoms with Crippen molar-refractivity contribution >= 4 is 10.8 Å². The fourth-order valence-electron chi connectivity index (χ4n) is 3.52. The smallest absolute Gasteiger partial charge is 0.159 e. The quantitative estimate of drug-likeness (QED) is 0.331. The van der Waals surface area contributed by atoms with Crippen LogP contribution in [0.3, 0.4) is 0 Å². The van der Waals surface area contributed by atoms with Crippen molar-refractivity contribution in [3.05, 3.63) is 102 Å². The van der Waals surface area contributed by atoms with Gasteiger partial charge in [0.05, 0.1) is 12.4 Å². The zero-order valence-corrected chi connectivity index (χ0v) is 17.5. The minimum Gasteiger partial charge on any atom is -0.486 e. The number of rotatable bonds is 7. The van der Waals surface area contributed by atoms with Crippen molar-refractivity contribution < 1.29 is 17.9 Å². The highest BCUT2D eigenvalue weighted by molar-refractivity contribution is 5.87. The van der Waals surface area contributed by atoms with Crippen LogP contribution in [0.5, 0.6) is 5.75 Å². The Morgan fingerprint density at radius 2 is 1.70 bits per heavy atom. The van der Waals surface area contributed by atoms with E-state index in [2.05, 4.69) is 16.5 Å². The molecular weight excluding hydrogens is 427 g/mol. The van der Waals surface area contributed by atoms with E-state index in [1.165, 1.54) is 6.07 Å². The summed E-state index contributed by atoms with van der Waals surface area (Å²) in [7, 11) is 0. The third-order valence-electron chi connectivity index (χ3n) is 5.18. The lowest BCUT2D eigenvalue weighted by molar-refractivity contribution is 0.360. The van der Waals surface area contributed by atoms with Gasteiger partial charge in [-0.25, -0.2) is 23.1 Å². The lowest BCUT2D eigenvalue weighted by atomic mass is 9.98. The molecule has 1 aromatic heterocycles. The van der Waals surface area contributed by atoms with Gasteiger partial charge in [-0.2, -0.15) is 5.26 Å². The monoisotopic (exact) mass is 445 g/mol. The van der Waals surface area contributed by atoms with Crippen molar-refractivity contribution in [2.75, 3.05) is 6.61 Å². The molecular formula is C26H18F3N3O. The molecule has 0 unspecified atom stereocenters. The fraction of sp³-hybridized carbons (Fsp3) is 0.115. The number of fused-ring (bicyclic) bond motifs is 1. The van der Waals surface area contributed by atoms with Gasteiger partial charge in [-0.05, 0) is 47.6 Å². The number of benzene rings is 3. The van der Waals surface area contributed by atoms with Crippen LogP contribution in [-0.4, -0.2) is 16.6 Å². The number of hydrogen-bond donors (Lipinski definition) is 0. The van der Waals surface area contributed by atoms with Gasteiger partial charge in [-0.15, -0.1) is 0 Å². The maximum absolute atomic E-state index is 15.1. The van der Waals surface area contributed by atoms with Crippen molar-refractivity contribution in [3.63, 3.8) is 0 Å². The van der Waals surface area contributed by atoms with Gasteiger partial charge in [0.1, 0.15) is 35.7 Å². The van der Waals surface area contributed by atoms with E-state index in [9.17, 15) is 8.78 Å². The molecule has 3 aromatic carbocycles. The number of halogens is 3. The molecule has 4 nitrogen and oxygen atoms in total. The summed E-state index contributed by atoms with van der Waals surface area (Å²) < 4.78 is 48.1. The largest absolute Gasteiger partial charge is 0.486 e. The molecule has 0 saturated heterocycles. The van der Waals surface area contributed by atoms with E-state index in [1.807, 2.05) is 0 Å². The predicted molar refractivity (Wildman–Crippen MR) is 119 cm³/mol. The highest BCUT2D eigenvalue weighted by atomic mass is 19.1. The van der Waals surface area contributed by atoms with Gasteiger partial charge in [0.15, 0.2) is 11.6 Å². The topological polar surface area (TPSA) is 58.8 Å². The van der Waals surface area contributed by atoms with Crippen LogP contribution >= 0.6 is 0 Å². The summed E-state index contributed by atoms with van der Waals surface area (Å²) in [6.07, 6.45) is 5.24. The Morgan fingerprint density at radius 3 is 2.36 bits per heavy atom. The first-order valence-corrected chi connectivity index (χ1v) is 10.2. The summed E-state index contributed by atoms with van der Waals surface area (Å²) in [5, 5.41) is 9.88. The Morgan fingerprint density at radius 1 is 0.970 bits per heavy atom. The van der Waals surface area contributed by atoms with E-state index in [0.717, 1.165) is 17.7 Å². The Balaban J connectivity index is 1.55. The Hall–Kier alpha value is -4.18. The van der Waals surface area contributed by atoms with Crippen LogP contribution in [0.1, 0.15) is 16.7 Å².